The van der Waals surface area contributed by atoms with Crippen molar-refractivity contribution < 1.29 is 14.3 Å². The molecular formula is C24H25N3O3. The average molecular weight is 403 g/mol. The van der Waals surface area contributed by atoms with Crippen LogP contribution < -0.4 is 15.4 Å². The summed E-state index contributed by atoms with van der Waals surface area (Å²) in [6.45, 7) is 2.94. The highest BCUT2D eigenvalue weighted by Gasteiger charge is 2.06. The molecule has 0 unspecified atom stereocenters. The first kappa shape index (κ1) is 21.0. The number of benzene rings is 2. The molecule has 3 rings (SSSR count). The van der Waals surface area contributed by atoms with E-state index in [9.17, 15) is 9.59 Å². The number of pyridine rings is 1. The van der Waals surface area contributed by atoms with Crippen LogP contribution in [-0.2, 0) is 11.3 Å². The predicted molar refractivity (Wildman–Crippen MR) is 116 cm³/mol. The average Bonchev–Trinajstić information content (AvgIpc) is 2.78. The van der Waals surface area contributed by atoms with Gasteiger partial charge in [-0.15, -0.1) is 0 Å². The van der Waals surface area contributed by atoms with Gasteiger partial charge in [0.25, 0.3) is 5.91 Å². The van der Waals surface area contributed by atoms with Crippen LogP contribution in [0.1, 0.15) is 34.3 Å². The van der Waals surface area contributed by atoms with Crippen molar-refractivity contribution in [1.29, 1.82) is 0 Å². The second-order valence-corrected chi connectivity index (χ2v) is 6.89. The van der Waals surface area contributed by atoms with Crippen molar-refractivity contribution in [3.05, 3.63) is 89.7 Å². The summed E-state index contributed by atoms with van der Waals surface area (Å²) in [5.74, 6) is 0.628. The Morgan fingerprint density at radius 3 is 2.53 bits per heavy atom. The third-order valence-electron chi connectivity index (χ3n) is 4.52. The second-order valence-electron chi connectivity index (χ2n) is 6.89. The summed E-state index contributed by atoms with van der Waals surface area (Å²) >= 11 is 0. The lowest BCUT2D eigenvalue weighted by Gasteiger charge is -2.09. The number of aromatic nitrogens is 1. The van der Waals surface area contributed by atoms with Gasteiger partial charge in [0.05, 0.1) is 12.2 Å². The highest BCUT2D eigenvalue weighted by atomic mass is 16.5. The highest BCUT2D eigenvalue weighted by molar-refractivity contribution is 6.04. The summed E-state index contributed by atoms with van der Waals surface area (Å²) in [6, 6.07) is 18.6. The predicted octanol–water partition coefficient (Wildman–Crippen LogP) is 4.12. The van der Waals surface area contributed by atoms with Crippen LogP contribution in [0.2, 0.25) is 0 Å². The first-order chi connectivity index (χ1) is 14.6. The van der Waals surface area contributed by atoms with Gasteiger partial charge in [-0.2, -0.15) is 0 Å². The standard InChI is InChI=1S/C24H25N3O3/c1-18-6-2-3-8-22(18)30-15-5-9-23(28)26-16-19-10-12-21(13-11-19)27-24(29)20-7-4-14-25-17-20/h2-4,6-8,10-14,17H,5,9,15-16H2,1H3,(H,26,28)(H,27,29). The fourth-order valence-electron chi connectivity index (χ4n) is 2.83. The van der Waals surface area contributed by atoms with Crippen LogP contribution in [-0.4, -0.2) is 23.4 Å². The van der Waals surface area contributed by atoms with Gasteiger partial charge in [0.15, 0.2) is 0 Å². The molecule has 30 heavy (non-hydrogen) atoms. The van der Waals surface area contributed by atoms with Crippen molar-refractivity contribution in [2.75, 3.05) is 11.9 Å². The molecule has 0 bridgehead atoms. The Bertz CT molecular complexity index is 973. The lowest BCUT2D eigenvalue weighted by molar-refractivity contribution is -0.121. The first-order valence-electron chi connectivity index (χ1n) is 9.87. The summed E-state index contributed by atoms with van der Waals surface area (Å²) in [5, 5.41) is 5.73. The van der Waals surface area contributed by atoms with E-state index in [2.05, 4.69) is 15.6 Å². The van der Waals surface area contributed by atoms with Gasteiger partial charge >= 0.3 is 0 Å². The SMILES string of the molecule is Cc1ccccc1OCCCC(=O)NCc1ccc(NC(=O)c2cccnc2)cc1. The van der Waals surface area contributed by atoms with Crippen molar-refractivity contribution in [3.8, 4) is 5.75 Å². The van der Waals surface area contributed by atoms with Gasteiger partial charge in [0, 0.05) is 31.0 Å². The molecule has 0 saturated carbocycles. The number of rotatable bonds is 9. The zero-order chi connectivity index (χ0) is 21.2. The Hall–Kier alpha value is -3.67. The van der Waals surface area contributed by atoms with Gasteiger partial charge in [0.1, 0.15) is 5.75 Å². The van der Waals surface area contributed by atoms with E-state index in [-0.39, 0.29) is 11.8 Å². The van der Waals surface area contributed by atoms with Crippen molar-refractivity contribution in [2.24, 2.45) is 0 Å². The van der Waals surface area contributed by atoms with E-state index in [1.165, 1.54) is 6.20 Å². The molecule has 1 aromatic heterocycles. The Morgan fingerprint density at radius 1 is 1.00 bits per heavy atom. The number of nitrogens with one attached hydrogen (secondary N) is 2. The molecule has 0 spiro atoms. The Labute approximate surface area is 176 Å². The van der Waals surface area contributed by atoms with Crippen molar-refractivity contribution >= 4 is 17.5 Å². The summed E-state index contributed by atoms with van der Waals surface area (Å²) in [7, 11) is 0. The molecule has 0 saturated heterocycles. The van der Waals surface area contributed by atoms with Gasteiger partial charge in [-0.3, -0.25) is 14.6 Å². The second kappa shape index (κ2) is 10.8. The molecule has 154 valence electrons. The molecule has 2 N–H and O–H groups in total. The van der Waals surface area contributed by atoms with Crippen LogP contribution in [0.15, 0.2) is 73.1 Å². The van der Waals surface area contributed by atoms with Crippen molar-refractivity contribution in [3.63, 3.8) is 0 Å². The minimum Gasteiger partial charge on any atom is -0.493 e. The summed E-state index contributed by atoms with van der Waals surface area (Å²) in [4.78, 5) is 28.1. The number of aryl methyl sites for hydroxylation is 1. The smallest absolute Gasteiger partial charge is 0.257 e. The molecule has 0 fully saturated rings. The molecule has 6 heteroatoms. The summed E-state index contributed by atoms with van der Waals surface area (Å²) < 4.78 is 5.71. The molecular weight excluding hydrogens is 378 g/mol. The number of carbonyl (C=O) groups excluding carboxylic acids is 2. The normalized spacial score (nSPS) is 10.3. The highest BCUT2D eigenvalue weighted by Crippen LogP contribution is 2.16. The maximum Gasteiger partial charge on any atom is 0.257 e. The molecule has 0 radical (unpaired) electrons. The van der Waals surface area contributed by atoms with E-state index in [0.29, 0.717) is 37.2 Å². The van der Waals surface area contributed by atoms with Crippen LogP contribution in [0.4, 0.5) is 5.69 Å². The minimum absolute atomic E-state index is 0.0164. The van der Waals surface area contributed by atoms with E-state index in [0.717, 1.165) is 16.9 Å². The molecule has 0 atom stereocenters. The third-order valence-corrected chi connectivity index (χ3v) is 4.52. The van der Waals surface area contributed by atoms with Crippen LogP contribution >= 0.6 is 0 Å². The van der Waals surface area contributed by atoms with E-state index in [1.807, 2.05) is 55.5 Å². The molecule has 2 aromatic carbocycles. The van der Waals surface area contributed by atoms with Crippen molar-refractivity contribution in [2.45, 2.75) is 26.3 Å². The van der Waals surface area contributed by atoms with E-state index >= 15 is 0 Å². The van der Waals surface area contributed by atoms with Crippen LogP contribution in [0.5, 0.6) is 5.75 Å². The zero-order valence-electron chi connectivity index (χ0n) is 16.9. The summed E-state index contributed by atoms with van der Waals surface area (Å²) in [5.41, 5.74) is 3.23. The quantitative estimate of drug-likeness (QED) is 0.527. The lowest BCUT2D eigenvalue weighted by atomic mass is 10.2. The fraction of sp³-hybridized carbons (Fsp3) is 0.208. The number of anilines is 1. The number of amides is 2. The fourth-order valence-corrected chi connectivity index (χ4v) is 2.83. The van der Waals surface area contributed by atoms with Crippen LogP contribution in [0, 0.1) is 6.92 Å². The maximum absolute atomic E-state index is 12.1. The molecule has 2 amide bonds. The third kappa shape index (κ3) is 6.44. The van der Waals surface area contributed by atoms with Gasteiger partial charge in [-0.05, 0) is 54.8 Å². The molecule has 1 heterocycles. The Kier molecular flexibility index (Phi) is 7.55. The lowest BCUT2D eigenvalue weighted by Crippen LogP contribution is -2.23. The Balaban J connectivity index is 1.36. The number of hydrogen-bond donors (Lipinski definition) is 2. The number of ether oxygens (including phenoxy) is 1. The molecule has 0 aliphatic rings. The monoisotopic (exact) mass is 403 g/mol. The number of nitrogens with zero attached hydrogens (tertiary/aromatic N) is 1. The number of para-hydroxylation sites is 1. The van der Waals surface area contributed by atoms with Gasteiger partial charge < -0.3 is 15.4 Å². The van der Waals surface area contributed by atoms with Crippen LogP contribution in [0.3, 0.4) is 0 Å². The van der Waals surface area contributed by atoms with Gasteiger partial charge in [-0.1, -0.05) is 30.3 Å². The summed E-state index contributed by atoms with van der Waals surface area (Å²) in [6.07, 6.45) is 4.20. The Morgan fingerprint density at radius 2 is 1.80 bits per heavy atom. The maximum atomic E-state index is 12.1. The number of carbonyl (C=O) groups is 2. The molecule has 0 aliphatic heterocycles. The van der Waals surface area contributed by atoms with Gasteiger partial charge in [0.2, 0.25) is 5.91 Å². The minimum atomic E-state index is -0.211. The zero-order valence-corrected chi connectivity index (χ0v) is 16.9. The first-order valence-corrected chi connectivity index (χ1v) is 9.87. The van der Waals surface area contributed by atoms with Gasteiger partial charge in [-0.25, -0.2) is 0 Å². The van der Waals surface area contributed by atoms with E-state index in [4.69, 9.17) is 4.74 Å². The van der Waals surface area contributed by atoms with E-state index in [1.54, 1.807) is 18.3 Å². The molecule has 6 nitrogen and oxygen atoms in total. The van der Waals surface area contributed by atoms with Crippen LogP contribution in [0.25, 0.3) is 0 Å². The molecule has 3 aromatic rings. The van der Waals surface area contributed by atoms with E-state index < -0.39 is 0 Å². The molecule has 0 aliphatic carbocycles. The number of hydrogen-bond acceptors (Lipinski definition) is 4. The largest absolute Gasteiger partial charge is 0.493 e. The van der Waals surface area contributed by atoms with Crippen molar-refractivity contribution in [1.82, 2.24) is 10.3 Å². The topological polar surface area (TPSA) is 80.3 Å².